The SMILES string of the molecule is O=C(NCCNc1ccc([N+](=O)[O-])cn1)C1=C[C@H](c2ccc(C(F)(F)F)cc2)C[C@H](OCCCCO)O1. The Morgan fingerprint density at radius 3 is 2.57 bits per heavy atom. The quantitative estimate of drug-likeness (QED) is 0.217. The fourth-order valence-electron chi connectivity index (χ4n) is 3.55. The van der Waals surface area contributed by atoms with Crippen molar-refractivity contribution >= 4 is 17.4 Å². The zero-order valence-electron chi connectivity index (χ0n) is 19.7. The summed E-state index contributed by atoms with van der Waals surface area (Å²) in [5.74, 6) is -0.565. The number of alkyl halides is 3. The summed E-state index contributed by atoms with van der Waals surface area (Å²) in [7, 11) is 0. The number of rotatable bonds is 12. The highest BCUT2D eigenvalue weighted by Crippen LogP contribution is 2.34. The summed E-state index contributed by atoms with van der Waals surface area (Å²) in [4.78, 5) is 26.8. The van der Waals surface area contributed by atoms with Crippen LogP contribution in [0.15, 0.2) is 54.4 Å². The van der Waals surface area contributed by atoms with Crippen LogP contribution in [0.4, 0.5) is 24.7 Å². The summed E-state index contributed by atoms with van der Waals surface area (Å²) < 4.78 is 50.2. The highest BCUT2D eigenvalue weighted by atomic mass is 19.4. The number of unbranched alkanes of at least 4 members (excludes halogenated alkanes) is 1. The molecule has 1 aliphatic rings. The first kappa shape index (κ1) is 27.9. The summed E-state index contributed by atoms with van der Waals surface area (Å²) in [6.07, 6.45) is -1.16. The van der Waals surface area contributed by atoms with Gasteiger partial charge in [-0.2, -0.15) is 13.2 Å². The lowest BCUT2D eigenvalue weighted by molar-refractivity contribution is -0.385. The molecule has 37 heavy (non-hydrogen) atoms. The van der Waals surface area contributed by atoms with E-state index < -0.39 is 34.8 Å². The number of hydrogen-bond donors (Lipinski definition) is 3. The summed E-state index contributed by atoms with van der Waals surface area (Å²) in [6, 6.07) is 7.47. The molecule has 0 aliphatic carbocycles. The van der Waals surface area contributed by atoms with E-state index in [0.29, 0.717) is 30.6 Å². The van der Waals surface area contributed by atoms with Crippen molar-refractivity contribution in [2.75, 3.05) is 31.6 Å². The highest BCUT2D eigenvalue weighted by Gasteiger charge is 2.32. The van der Waals surface area contributed by atoms with Gasteiger partial charge in [-0.05, 0) is 42.7 Å². The number of pyridine rings is 1. The lowest BCUT2D eigenvalue weighted by Crippen LogP contribution is -2.35. The van der Waals surface area contributed by atoms with Crippen molar-refractivity contribution in [3.63, 3.8) is 0 Å². The van der Waals surface area contributed by atoms with Gasteiger partial charge in [-0.3, -0.25) is 14.9 Å². The highest BCUT2D eigenvalue weighted by molar-refractivity contribution is 5.91. The minimum atomic E-state index is -4.45. The number of aliphatic hydroxyl groups excluding tert-OH is 1. The Morgan fingerprint density at radius 2 is 1.95 bits per heavy atom. The molecule has 1 aromatic carbocycles. The lowest BCUT2D eigenvalue weighted by atomic mass is 9.92. The molecule has 1 aromatic heterocycles. The predicted octanol–water partition coefficient (Wildman–Crippen LogP) is 3.74. The van der Waals surface area contributed by atoms with Crippen LogP contribution in [0.5, 0.6) is 0 Å². The summed E-state index contributed by atoms with van der Waals surface area (Å²) in [6.45, 7) is 0.741. The number of anilines is 1. The number of nitrogens with zero attached hydrogens (tertiary/aromatic N) is 2. The smallest absolute Gasteiger partial charge is 0.416 e. The van der Waals surface area contributed by atoms with Gasteiger partial charge in [0.15, 0.2) is 5.76 Å². The number of nitro groups is 1. The van der Waals surface area contributed by atoms with Gasteiger partial charge >= 0.3 is 6.18 Å². The minimum Gasteiger partial charge on any atom is -0.459 e. The molecule has 0 fully saturated rings. The molecule has 0 radical (unpaired) electrons. The van der Waals surface area contributed by atoms with E-state index in [9.17, 15) is 28.1 Å². The third kappa shape index (κ3) is 8.43. The molecular weight excluding hydrogens is 497 g/mol. The Hall–Kier alpha value is -3.71. The van der Waals surface area contributed by atoms with E-state index in [0.717, 1.165) is 18.3 Å². The predicted molar refractivity (Wildman–Crippen MR) is 126 cm³/mol. The largest absolute Gasteiger partial charge is 0.459 e. The normalized spacial score (nSPS) is 17.5. The van der Waals surface area contributed by atoms with E-state index in [4.69, 9.17) is 14.6 Å². The van der Waals surface area contributed by atoms with Crippen LogP contribution in [0, 0.1) is 10.1 Å². The maximum absolute atomic E-state index is 12.9. The van der Waals surface area contributed by atoms with Crippen molar-refractivity contribution in [1.82, 2.24) is 10.3 Å². The van der Waals surface area contributed by atoms with Gasteiger partial charge in [-0.1, -0.05) is 12.1 Å². The van der Waals surface area contributed by atoms with Gasteiger partial charge in [-0.25, -0.2) is 4.98 Å². The van der Waals surface area contributed by atoms with Gasteiger partial charge in [-0.15, -0.1) is 0 Å². The first-order valence-electron chi connectivity index (χ1n) is 11.6. The monoisotopic (exact) mass is 524 g/mol. The Morgan fingerprint density at radius 1 is 1.19 bits per heavy atom. The minimum absolute atomic E-state index is 0.0139. The molecule has 2 heterocycles. The van der Waals surface area contributed by atoms with Gasteiger partial charge in [0.25, 0.3) is 11.6 Å². The first-order valence-corrected chi connectivity index (χ1v) is 11.6. The van der Waals surface area contributed by atoms with E-state index in [-0.39, 0.29) is 37.7 Å². The summed E-state index contributed by atoms with van der Waals surface area (Å²) in [5.41, 5.74) is -0.329. The Bertz CT molecular complexity index is 1080. The Labute approximate surface area is 210 Å². The fraction of sp³-hybridized carbons (Fsp3) is 0.417. The first-order chi connectivity index (χ1) is 17.7. The third-order valence-corrected chi connectivity index (χ3v) is 5.48. The van der Waals surface area contributed by atoms with Crippen molar-refractivity contribution in [2.45, 2.75) is 37.6 Å². The molecule has 0 unspecified atom stereocenters. The van der Waals surface area contributed by atoms with Crippen LogP contribution in [-0.2, 0) is 20.4 Å². The van der Waals surface area contributed by atoms with Crippen LogP contribution >= 0.6 is 0 Å². The Kier molecular flexibility index (Phi) is 9.80. The van der Waals surface area contributed by atoms with E-state index in [1.807, 2.05) is 0 Å². The third-order valence-electron chi connectivity index (χ3n) is 5.48. The van der Waals surface area contributed by atoms with Crippen molar-refractivity contribution in [1.29, 1.82) is 0 Å². The molecule has 0 saturated carbocycles. The number of halogens is 3. The number of benzene rings is 1. The number of carbonyl (C=O) groups excluding carboxylic acids is 1. The maximum Gasteiger partial charge on any atom is 0.416 e. The van der Waals surface area contributed by atoms with Crippen molar-refractivity contribution in [2.24, 2.45) is 0 Å². The van der Waals surface area contributed by atoms with E-state index in [1.54, 1.807) is 6.08 Å². The van der Waals surface area contributed by atoms with Gasteiger partial charge < -0.3 is 25.2 Å². The maximum atomic E-state index is 12.9. The molecule has 200 valence electrons. The average Bonchev–Trinajstić information content (AvgIpc) is 2.88. The average molecular weight is 524 g/mol. The molecule has 13 heteroatoms. The topological polar surface area (TPSA) is 136 Å². The van der Waals surface area contributed by atoms with Gasteiger partial charge in [0.1, 0.15) is 12.0 Å². The van der Waals surface area contributed by atoms with Crippen LogP contribution < -0.4 is 10.6 Å². The summed E-state index contributed by atoms with van der Waals surface area (Å²) >= 11 is 0. The number of aliphatic hydroxyl groups is 1. The number of amides is 1. The number of carbonyl (C=O) groups is 1. The van der Waals surface area contributed by atoms with Crippen LogP contribution in [0.1, 0.15) is 36.3 Å². The number of hydrogen-bond acceptors (Lipinski definition) is 8. The van der Waals surface area contributed by atoms with E-state index in [1.165, 1.54) is 24.3 Å². The number of aromatic nitrogens is 1. The molecule has 3 N–H and O–H groups in total. The summed E-state index contributed by atoms with van der Waals surface area (Å²) in [5, 5.41) is 25.2. The molecule has 0 bridgehead atoms. The number of ether oxygens (including phenoxy) is 2. The zero-order chi connectivity index (χ0) is 26.8. The van der Waals surface area contributed by atoms with Crippen LogP contribution in [0.3, 0.4) is 0 Å². The van der Waals surface area contributed by atoms with Crippen LogP contribution in [0.2, 0.25) is 0 Å². The molecular formula is C24H27F3N4O6. The van der Waals surface area contributed by atoms with Gasteiger partial charge in [0.05, 0.1) is 17.1 Å². The standard InChI is InChI=1S/C24H27F3N4O6/c25-24(26,27)18-5-3-16(4-6-18)17-13-20(37-22(14-17)36-12-2-1-11-32)23(33)29-10-9-28-21-8-7-19(15-30-21)31(34)35/h3-8,13,15,17,22,32H,1-2,9-12,14H2,(H,28,30)(H,29,33)/t17-,22+/m0/s1. The van der Waals surface area contributed by atoms with Crippen LogP contribution in [-0.4, -0.2) is 53.5 Å². The van der Waals surface area contributed by atoms with E-state index >= 15 is 0 Å². The van der Waals surface area contributed by atoms with Crippen molar-refractivity contribution in [3.05, 3.63) is 75.7 Å². The van der Waals surface area contributed by atoms with Crippen molar-refractivity contribution in [3.8, 4) is 0 Å². The zero-order valence-corrected chi connectivity index (χ0v) is 19.7. The van der Waals surface area contributed by atoms with Gasteiger partial charge in [0, 0.05) is 38.1 Å². The number of nitrogens with one attached hydrogen (secondary N) is 2. The molecule has 3 rings (SSSR count). The molecule has 2 aromatic rings. The Balaban J connectivity index is 1.61. The van der Waals surface area contributed by atoms with Crippen molar-refractivity contribution < 1.29 is 37.5 Å². The van der Waals surface area contributed by atoms with E-state index in [2.05, 4.69) is 15.6 Å². The fourth-order valence-corrected chi connectivity index (χ4v) is 3.55. The second-order valence-electron chi connectivity index (χ2n) is 8.18. The molecule has 1 aliphatic heterocycles. The van der Waals surface area contributed by atoms with Crippen LogP contribution in [0.25, 0.3) is 0 Å². The molecule has 0 spiro atoms. The molecule has 0 saturated heterocycles. The second-order valence-corrected chi connectivity index (χ2v) is 8.18. The second kappa shape index (κ2) is 13.0. The molecule has 10 nitrogen and oxygen atoms in total. The molecule has 2 atom stereocenters. The lowest BCUT2D eigenvalue weighted by Gasteiger charge is -2.29. The number of allylic oxidation sites excluding steroid dienone is 1. The molecule has 1 amide bonds. The van der Waals surface area contributed by atoms with Gasteiger partial charge in [0.2, 0.25) is 6.29 Å².